The van der Waals surface area contributed by atoms with Gasteiger partial charge in [-0.25, -0.2) is 4.79 Å². The minimum atomic E-state index is -1.34. The number of carbonyl (C=O) groups is 3. The van der Waals surface area contributed by atoms with Gasteiger partial charge in [0.15, 0.2) is 0 Å². The molecule has 2 rings (SSSR count). The van der Waals surface area contributed by atoms with E-state index in [0.717, 1.165) is 5.56 Å². The molecule has 0 aliphatic carbocycles. The van der Waals surface area contributed by atoms with Crippen LogP contribution < -0.4 is 10.6 Å². The fourth-order valence-corrected chi connectivity index (χ4v) is 3.81. The van der Waals surface area contributed by atoms with Gasteiger partial charge in [0.2, 0.25) is 5.91 Å². The molecule has 0 bridgehead atoms. The van der Waals surface area contributed by atoms with E-state index in [0.29, 0.717) is 23.2 Å². The molecule has 8 nitrogen and oxygen atoms in total. The van der Waals surface area contributed by atoms with E-state index in [1.165, 1.54) is 4.90 Å². The Balaban J connectivity index is 2.58. The van der Waals surface area contributed by atoms with Crippen molar-refractivity contribution in [1.82, 2.24) is 10.2 Å². The molecule has 0 aromatic heterocycles. The Morgan fingerprint density at radius 3 is 2.30 bits per heavy atom. The molecule has 2 aromatic rings. The van der Waals surface area contributed by atoms with Crippen LogP contribution in [0.25, 0.3) is 0 Å². The molecule has 0 spiro atoms. The number of nitrogens with one attached hydrogen (secondary N) is 2. The van der Waals surface area contributed by atoms with Crippen LogP contribution in [0.1, 0.15) is 63.8 Å². The summed E-state index contributed by atoms with van der Waals surface area (Å²) >= 11 is 0. The standard InChI is InChI=1S/C29H37N3O5/c1-8-20(4)32(27(35)24(18-33)31-28(36)37-29(5,6)7)25(22-16-12-11-15-21(22)9-2)26(34)30-23-17-13-10-14-19(23)3/h2,10-17,20,24-25,33H,8,18H2,1,3-7H3,(H,30,34)(H,31,36). The average molecular weight is 508 g/mol. The minimum absolute atomic E-state index is 0.444. The van der Waals surface area contributed by atoms with Gasteiger partial charge in [-0.2, -0.15) is 0 Å². The van der Waals surface area contributed by atoms with Crippen LogP contribution in [0.5, 0.6) is 0 Å². The summed E-state index contributed by atoms with van der Waals surface area (Å²) in [6.07, 6.45) is 5.41. The van der Waals surface area contributed by atoms with E-state index in [1.54, 1.807) is 64.1 Å². The van der Waals surface area contributed by atoms with Crippen LogP contribution in [-0.4, -0.2) is 52.2 Å². The predicted octanol–water partition coefficient (Wildman–Crippen LogP) is 4.17. The lowest BCUT2D eigenvalue weighted by Gasteiger charge is -2.38. The third kappa shape index (κ3) is 7.83. The second kappa shape index (κ2) is 12.9. The van der Waals surface area contributed by atoms with E-state index in [1.807, 2.05) is 26.0 Å². The minimum Gasteiger partial charge on any atom is -0.444 e. The molecular weight excluding hydrogens is 470 g/mol. The average Bonchev–Trinajstić information content (AvgIpc) is 2.85. The van der Waals surface area contributed by atoms with E-state index in [9.17, 15) is 19.5 Å². The molecule has 0 heterocycles. The van der Waals surface area contributed by atoms with Gasteiger partial charge in [-0.3, -0.25) is 9.59 Å². The molecule has 2 aromatic carbocycles. The number of amides is 3. The summed E-state index contributed by atoms with van der Waals surface area (Å²) in [5, 5.41) is 15.4. The summed E-state index contributed by atoms with van der Waals surface area (Å²) in [5.74, 6) is 1.49. The molecule has 0 saturated heterocycles. The Labute approximate surface area is 219 Å². The lowest BCUT2D eigenvalue weighted by Crippen LogP contribution is -2.56. The Hall–Kier alpha value is -3.83. The van der Waals surface area contributed by atoms with E-state index < -0.39 is 48.2 Å². The molecule has 3 unspecified atom stereocenters. The zero-order chi connectivity index (χ0) is 27.8. The molecule has 37 heavy (non-hydrogen) atoms. The van der Waals surface area contributed by atoms with E-state index in [-0.39, 0.29) is 0 Å². The second-order valence-corrected chi connectivity index (χ2v) is 9.82. The van der Waals surface area contributed by atoms with Crippen molar-refractivity contribution in [3.63, 3.8) is 0 Å². The number of aliphatic hydroxyl groups excluding tert-OH is 1. The van der Waals surface area contributed by atoms with Crippen molar-refractivity contribution in [1.29, 1.82) is 0 Å². The largest absolute Gasteiger partial charge is 0.444 e. The van der Waals surface area contributed by atoms with Crippen molar-refractivity contribution in [3.8, 4) is 12.3 Å². The van der Waals surface area contributed by atoms with Crippen molar-refractivity contribution in [2.24, 2.45) is 0 Å². The maximum Gasteiger partial charge on any atom is 0.408 e. The van der Waals surface area contributed by atoms with Crippen molar-refractivity contribution in [2.45, 2.75) is 71.7 Å². The summed E-state index contributed by atoms with van der Waals surface area (Å²) in [7, 11) is 0. The number of anilines is 1. The maximum absolute atomic E-state index is 13.9. The number of ether oxygens (including phenoxy) is 1. The van der Waals surface area contributed by atoms with Crippen LogP contribution in [-0.2, 0) is 14.3 Å². The highest BCUT2D eigenvalue weighted by Gasteiger charge is 2.39. The van der Waals surface area contributed by atoms with Gasteiger partial charge in [0.1, 0.15) is 17.7 Å². The number of hydrogen-bond donors (Lipinski definition) is 3. The summed E-state index contributed by atoms with van der Waals surface area (Å²) in [6.45, 7) is 9.93. The topological polar surface area (TPSA) is 108 Å². The Kier molecular flexibility index (Phi) is 10.3. The van der Waals surface area contributed by atoms with E-state index in [4.69, 9.17) is 11.2 Å². The lowest BCUT2D eigenvalue weighted by atomic mass is 9.95. The van der Waals surface area contributed by atoms with Gasteiger partial charge in [0.05, 0.1) is 6.61 Å². The maximum atomic E-state index is 13.9. The number of carbonyl (C=O) groups excluding carboxylic acids is 3. The van der Waals surface area contributed by atoms with Gasteiger partial charge in [-0.05, 0) is 64.3 Å². The van der Waals surface area contributed by atoms with Crippen LogP contribution in [0.4, 0.5) is 10.5 Å². The number of benzene rings is 2. The molecule has 0 radical (unpaired) electrons. The normalized spacial score (nSPS) is 13.5. The number of rotatable bonds is 9. The van der Waals surface area contributed by atoms with Gasteiger partial charge in [0, 0.05) is 17.3 Å². The van der Waals surface area contributed by atoms with Crippen molar-refractivity contribution in [2.75, 3.05) is 11.9 Å². The van der Waals surface area contributed by atoms with Gasteiger partial charge in [0.25, 0.3) is 5.91 Å². The summed E-state index contributed by atoms with van der Waals surface area (Å²) in [4.78, 5) is 41.6. The molecule has 3 amide bonds. The van der Waals surface area contributed by atoms with Crippen LogP contribution >= 0.6 is 0 Å². The smallest absolute Gasteiger partial charge is 0.408 e. The van der Waals surface area contributed by atoms with E-state index >= 15 is 0 Å². The number of para-hydroxylation sites is 1. The monoisotopic (exact) mass is 507 g/mol. The first kappa shape index (κ1) is 29.4. The number of aliphatic hydroxyl groups is 1. The zero-order valence-electron chi connectivity index (χ0n) is 22.4. The molecular formula is C29H37N3O5. The highest BCUT2D eigenvalue weighted by molar-refractivity contribution is 5.99. The van der Waals surface area contributed by atoms with Gasteiger partial charge in [-0.1, -0.05) is 49.2 Å². The Morgan fingerprint density at radius 2 is 1.73 bits per heavy atom. The first-order valence-electron chi connectivity index (χ1n) is 12.3. The summed E-state index contributed by atoms with van der Waals surface area (Å²) in [6, 6.07) is 11.3. The van der Waals surface area contributed by atoms with Gasteiger partial charge < -0.3 is 25.4 Å². The molecule has 3 atom stereocenters. The van der Waals surface area contributed by atoms with Gasteiger partial charge in [-0.15, -0.1) is 6.42 Å². The zero-order valence-corrected chi connectivity index (χ0v) is 22.4. The Bertz CT molecular complexity index is 1150. The fraction of sp³-hybridized carbons (Fsp3) is 0.414. The first-order chi connectivity index (χ1) is 17.4. The van der Waals surface area contributed by atoms with Crippen LogP contribution in [0.15, 0.2) is 48.5 Å². The summed E-state index contributed by atoms with van der Waals surface area (Å²) < 4.78 is 5.27. The third-order valence-corrected chi connectivity index (χ3v) is 5.83. The SMILES string of the molecule is C#Cc1ccccc1C(C(=O)Nc1ccccc1C)N(C(=O)C(CO)NC(=O)OC(C)(C)C)C(C)CC. The summed E-state index contributed by atoms with van der Waals surface area (Å²) in [5.41, 5.74) is 1.55. The molecule has 198 valence electrons. The number of alkyl carbamates (subject to hydrolysis) is 1. The fourth-order valence-electron chi connectivity index (χ4n) is 3.81. The molecule has 0 fully saturated rings. The molecule has 8 heteroatoms. The highest BCUT2D eigenvalue weighted by Crippen LogP contribution is 2.30. The van der Waals surface area contributed by atoms with Crippen molar-refractivity contribution in [3.05, 3.63) is 65.2 Å². The van der Waals surface area contributed by atoms with Crippen LogP contribution in [0.3, 0.4) is 0 Å². The van der Waals surface area contributed by atoms with Crippen LogP contribution in [0.2, 0.25) is 0 Å². The third-order valence-electron chi connectivity index (χ3n) is 5.83. The molecule has 0 aliphatic heterocycles. The number of terminal acetylenes is 1. The molecule has 0 saturated carbocycles. The lowest BCUT2D eigenvalue weighted by molar-refractivity contribution is -0.144. The molecule has 0 aliphatic rings. The van der Waals surface area contributed by atoms with Crippen molar-refractivity contribution >= 4 is 23.6 Å². The first-order valence-corrected chi connectivity index (χ1v) is 12.3. The van der Waals surface area contributed by atoms with E-state index in [2.05, 4.69) is 16.6 Å². The van der Waals surface area contributed by atoms with Gasteiger partial charge >= 0.3 is 6.09 Å². The Morgan fingerprint density at radius 1 is 1.11 bits per heavy atom. The number of aryl methyl sites for hydroxylation is 1. The predicted molar refractivity (Wildman–Crippen MR) is 144 cm³/mol. The van der Waals surface area contributed by atoms with Crippen molar-refractivity contribution < 1.29 is 24.2 Å². The quantitative estimate of drug-likeness (QED) is 0.442. The van der Waals surface area contributed by atoms with Crippen LogP contribution in [0, 0.1) is 19.3 Å². The number of nitrogens with zero attached hydrogens (tertiary/aromatic N) is 1. The highest BCUT2D eigenvalue weighted by atomic mass is 16.6. The second-order valence-electron chi connectivity index (χ2n) is 9.82. The number of hydrogen-bond acceptors (Lipinski definition) is 5. The molecule has 3 N–H and O–H groups in total.